The third-order valence-corrected chi connectivity index (χ3v) is 4.52. The molecule has 1 amide bonds. The van der Waals surface area contributed by atoms with Crippen molar-refractivity contribution in [3.8, 4) is 0 Å². The van der Waals surface area contributed by atoms with Gasteiger partial charge >= 0.3 is 0 Å². The lowest BCUT2D eigenvalue weighted by atomic mass is 10.0. The molecule has 4 heteroatoms. The maximum Gasteiger partial charge on any atom is 0.225 e. The van der Waals surface area contributed by atoms with E-state index in [9.17, 15) is 4.79 Å². The molecule has 1 aliphatic heterocycles. The van der Waals surface area contributed by atoms with Crippen LogP contribution in [0, 0.1) is 0 Å². The molecule has 0 bridgehead atoms. The number of hydrogen-bond acceptors (Lipinski definition) is 2. The zero-order valence-electron chi connectivity index (χ0n) is 13.0. The molecule has 1 heterocycles. The van der Waals surface area contributed by atoms with E-state index < -0.39 is 0 Å². The van der Waals surface area contributed by atoms with Crippen molar-refractivity contribution in [3.63, 3.8) is 0 Å². The van der Waals surface area contributed by atoms with Gasteiger partial charge in [-0.25, -0.2) is 0 Å². The Bertz CT molecular complexity index is 659. The van der Waals surface area contributed by atoms with Crippen molar-refractivity contribution in [2.24, 2.45) is 0 Å². The molecule has 1 unspecified atom stereocenters. The summed E-state index contributed by atoms with van der Waals surface area (Å²) in [6, 6.07) is 18.3. The number of carbonyl (C=O) groups is 1. The largest absolute Gasteiger partial charge is 0.326 e. The first kappa shape index (κ1) is 16.0. The van der Waals surface area contributed by atoms with E-state index in [4.69, 9.17) is 11.6 Å². The Labute approximate surface area is 142 Å². The van der Waals surface area contributed by atoms with Gasteiger partial charge in [0.2, 0.25) is 5.91 Å². The van der Waals surface area contributed by atoms with Crippen LogP contribution in [0.15, 0.2) is 54.6 Å². The summed E-state index contributed by atoms with van der Waals surface area (Å²) in [5.41, 5.74) is 2.10. The summed E-state index contributed by atoms with van der Waals surface area (Å²) < 4.78 is 0. The van der Waals surface area contributed by atoms with Gasteiger partial charge < -0.3 is 5.32 Å². The molecule has 2 aromatic carbocycles. The molecule has 1 saturated heterocycles. The van der Waals surface area contributed by atoms with E-state index in [-0.39, 0.29) is 5.91 Å². The number of hydrogen-bond donors (Lipinski definition) is 1. The normalized spacial score (nSPS) is 18.0. The van der Waals surface area contributed by atoms with Crippen molar-refractivity contribution in [1.82, 2.24) is 4.90 Å². The van der Waals surface area contributed by atoms with Gasteiger partial charge in [0.1, 0.15) is 0 Å². The van der Waals surface area contributed by atoms with E-state index in [0.717, 1.165) is 18.8 Å². The molecule has 1 aliphatic rings. The Morgan fingerprint density at radius 3 is 2.78 bits per heavy atom. The molecule has 120 valence electrons. The van der Waals surface area contributed by atoms with E-state index in [0.29, 0.717) is 17.5 Å². The second kappa shape index (κ2) is 7.62. The van der Waals surface area contributed by atoms with Gasteiger partial charge in [0.25, 0.3) is 0 Å². The zero-order chi connectivity index (χ0) is 16.1. The number of anilines is 1. The molecule has 1 atom stereocenters. The number of amides is 1. The number of nitrogens with zero attached hydrogens (tertiary/aromatic N) is 1. The van der Waals surface area contributed by atoms with Gasteiger partial charge in [-0.2, -0.15) is 0 Å². The first-order chi connectivity index (χ1) is 11.2. The molecule has 0 saturated carbocycles. The predicted octanol–water partition coefficient (Wildman–Crippen LogP) is 4.51. The van der Waals surface area contributed by atoms with Crippen LogP contribution in [0.1, 0.15) is 30.9 Å². The molecule has 0 aliphatic carbocycles. The van der Waals surface area contributed by atoms with Crippen LogP contribution in [0.4, 0.5) is 5.69 Å². The summed E-state index contributed by atoms with van der Waals surface area (Å²) in [5.74, 6) is 0.0333. The van der Waals surface area contributed by atoms with Crippen molar-refractivity contribution in [3.05, 3.63) is 65.2 Å². The van der Waals surface area contributed by atoms with Crippen molar-refractivity contribution in [2.75, 3.05) is 18.4 Å². The number of carbonyl (C=O) groups excluding carboxylic acids is 1. The lowest BCUT2D eigenvalue weighted by molar-refractivity contribution is -0.116. The number of rotatable bonds is 5. The van der Waals surface area contributed by atoms with Crippen LogP contribution in [-0.2, 0) is 4.79 Å². The van der Waals surface area contributed by atoms with Crippen LogP contribution >= 0.6 is 11.6 Å². The van der Waals surface area contributed by atoms with Crippen LogP contribution in [0.5, 0.6) is 0 Å². The molecule has 1 N–H and O–H groups in total. The highest BCUT2D eigenvalue weighted by molar-refractivity contribution is 6.30. The van der Waals surface area contributed by atoms with E-state index in [1.807, 2.05) is 18.2 Å². The minimum atomic E-state index is 0.0333. The first-order valence-electron chi connectivity index (χ1n) is 8.07. The maximum atomic E-state index is 12.1. The molecule has 0 aromatic heterocycles. The van der Waals surface area contributed by atoms with Gasteiger partial charge in [0.15, 0.2) is 0 Å². The van der Waals surface area contributed by atoms with Gasteiger partial charge in [0, 0.05) is 29.7 Å². The van der Waals surface area contributed by atoms with Gasteiger partial charge in [-0.05, 0) is 43.1 Å². The summed E-state index contributed by atoms with van der Waals surface area (Å²) in [4.78, 5) is 14.6. The Morgan fingerprint density at radius 2 is 2.00 bits per heavy atom. The fraction of sp³-hybridized carbons (Fsp3) is 0.316. The molecular weight excluding hydrogens is 308 g/mol. The van der Waals surface area contributed by atoms with Gasteiger partial charge in [0.05, 0.1) is 0 Å². The fourth-order valence-electron chi connectivity index (χ4n) is 3.18. The zero-order valence-corrected chi connectivity index (χ0v) is 13.8. The number of halogens is 1. The molecule has 23 heavy (non-hydrogen) atoms. The van der Waals surface area contributed by atoms with Crippen LogP contribution in [-0.4, -0.2) is 23.9 Å². The van der Waals surface area contributed by atoms with Crippen molar-refractivity contribution in [1.29, 1.82) is 0 Å². The van der Waals surface area contributed by atoms with Crippen LogP contribution in [0.2, 0.25) is 5.02 Å². The Kier molecular flexibility index (Phi) is 5.31. The summed E-state index contributed by atoms with van der Waals surface area (Å²) in [5, 5.41) is 3.54. The van der Waals surface area contributed by atoms with Crippen LogP contribution in [0.3, 0.4) is 0 Å². The molecule has 3 rings (SSSR count). The van der Waals surface area contributed by atoms with E-state index in [1.165, 1.54) is 18.4 Å². The lowest BCUT2D eigenvalue weighted by Crippen LogP contribution is -2.27. The highest BCUT2D eigenvalue weighted by Crippen LogP contribution is 2.31. The Morgan fingerprint density at radius 1 is 1.17 bits per heavy atom. The minimum absolute atomic E-state index is 0.0333. The SMILES string of the molecule is O=C(CCN1CCCC1c1ccccc1)Nc1cccc(Cl)c1. The topological polar surface area (TPSA) is 32.3 Å². The Balaban J connectivity index is 1.54. The third-order valence-electron chi connectivity index (χ3n) is 4.28. The average molecular weight is 329 g/mol. The van der Waals surface area contributed by atoms with E-state index >= 15 is 0 Å². The summed E-state index contributed by atoms with van der Waals surface area (Å²) in [6.45, 7) is 1.84. The maximum absolute atomic E-state index is 12.1. The fourth-order valence-corrected chi connectivity index (χ4v) is 3.37. The van der Waals surface area contributed by atoms with Crippen LogP contribution < -0.4 is 5.32 Å². The number of likely N-dealkylation sites (tertiary alicyclic amines) is 1. The van der Waals surface area contributed by atoms with Gasteiger partial charge in [-0.1, -0.05) is 48.0 Å². The lowest BCUT2D eigenvalue weighted by Gasteiger charge is -2.24. The van der Waals surface area contributed by atoms with Crippen molar-refractivity contribution < 1.29 is 4.79 Å². The molecular formula is C19H21ClN2O. The summed E-state index contributed by atoms with van der Waals surface area (Å²) in [6.07, 6.45) is 2.85. The highest BCUT2D eigenvalue weighted by Gasteiger charge is 2.25. The summed E-state index contributed by atoms with van der Waals surface area (Å²) >= 11 is 5.94. The molecule has 2 aromatic rings. The van der Waals surface area contributed by atoms with Gasteiger partial charge in [-0.15, -0.1) is 0 Å². The molecule has 0 spiro atoms. The molecule has 1 fully saturated rings. The van der Waals surface area contributed by atoms with E-state index in [2.05, 4.69) is 34.5 Å². The molecule has 0 radical (unpaired) electrons. The monoisotopic (exact) mass is 328 g/mol. The van der Waals surface area contributed by atoms with E-state index in [1.54, 1.807) is 12.1 Å². The smallest absolute Gasteiger partial charge is 0.225 e. The third kappa shape index (κ3) is 4.34. The predicted molar refractivity (Wildman–Crippen MR) is 94.7 cm³/mol. The first-order valence-corrected chi connectivity index (χ1v) is 8.44. The highest BCUT2D eigenvalue weighted by atomic mass is 35.5. The second-order valence-electron chi connectivity index (χ2n) is 5.91. The van der Waals surface area contributed by atoms with Crippen molar-refractivity contribution in [2.45, 2.75) is 25.3 Å². The average Bonchev–Trinajstić information content (AvgIpc) is 3.02. The standard InChI is InChI=1S/C19H21ClN2O/c20-16-8-4-9-17(14-16)21-19(23)11-13-22-12-5-10-18(22)15-6-2-1-3-7-15/h1-4,6-9,14,18H,5,10-13H2,(H,21,23). The minimum Gasteiger partial charge on any atom is -0.326 e. The Hall–Kier alpha value is -1.84. The summed E-state index contributed by atoms with van der Waals surface area (Å²) in [7, 11) is 0. The van der Waals surface area contributed by atoms with Crippen molar-refractivity contribution >= 4 is 23.2 Å². The van der Waals surface area contributed by atoms with Crippen LogP contribution in [0.25, 0.3) is 0 Å². The number of nitrogens with one attached hydrogen (secondary N) is 1. The quantitative estimate of drug-likeness (QED) is 0.876. The second-order valence-corrected chi connectivity index (χ2v) is 6.35. The molecule has 3 nitrogen and oxygen atoms in total. The van der Waals surface area contributed by atoms with Gasteiger partial charge in [-0.3, -0.25) is 9.69 Å². The number of benzene rings is 2.